The molecule has 1 aromatic carbocycles. The van der Waals surface area contributed by atoms with E-state index in [0.717, 1.165) is 5.52 Å². The first-order valence-corrected chi connectivity index (χ1v) is 6.92. The fourth-order valence-electron chi connectivity index (χ4n) is 2.10. The van der Waals surface area contributed by atoms with Crippen LogP contribution >= 0.6 is 11.6 Å². The minimum Gasteiger partial charge on any atom is -0.466 e. The summed E-state index contributed by atoms with van der Waals surface area (Å²) in [4.78, 5) is 15.8. The summed E-state index contributed by atoms with van der Waals surface area (Å²) in [6, 6.07) is 4.37. The van der Waals surface area contributed by atoms with Gasteiger partial charge in [-0.2, -0.15) is 0 Å². The minimum absolute atomic E-state index is 0.229. The number of rotatable bonds is 5. The van der Waals surface area contributed by atoms with Gasteiger partial charge in [-0.15, -0.1) is 11.6 Å². The van der Waals surface area contributed by atoms with Crippen LogP contribution in [0.25, 0.3) is 11.0 Å². The minimum atomic E-state index is -0.346. The molecule has 20 heavy (non-hydrogen) atoms. The summed E-state index contributed by atoms with van der Waals surface area (Å²) < 4.78 is 20.0. The SMILES string of the molecule is CCOC(=O)CCn1c(C(C)Cl)nc2cc(F)ccc21. The Morgan fingerprint density at radius 1 is 1.55 bits per heavy atom. The average Bonchev–Trinajstić information content (AvgIpc) is 2.74. The maximum atomic E-state index is 13.2. The summed E-state index contributed by atoms with van der Waals surface area (Å²) in [7, 11) is 0. The van der Waals surface area contributed by atoms with Crippen LogP contribution in [0.15, 0.2) is 18.2 Å². The fourth-order valence-corrected chi connectivity index (χ4v) is 2.26. The molecular formula is C14H16ClFN2O2. The third-order valence-electron chi connectivity index (χ3n) is 2.94. The Morgan fingerprint density at radius 2 is 2.30 bits per heavy atom. The van der Waals surface area contributed by atoms with Gasteiger partial charge in [-0.05, 0) is 26.0 Å². The molecule has 0 saturated heterocycles. The molecule has 0 aliphatic rings. The zero-order chi connectivity index (χ0) is 14.7. The largest absolute Gasteiger partial charge is 0.466 e. The van der Waals surface area contributed by atoms with Crippen molar-refractivity contribution in [1.82, 2.24) is 9.55 Å². The van der Waals surface area contributed by atoms with Crippen LogP contribution < -0.4 is 0 Å². The number of aromatic nitrogens is 2. The summed E-state index contributed by atoms with van der Waals surface area (Å²) in [5.41, 5.74) is 1.30. The molecule has 1 unspecified atom stereocenters. The molecule has 0 amide bonds. The van der Waals surface area contributed by atoms with Crippen molar-refractivity contribution in [2.75, 3.05) is 6.61 Å². The van der Waals surface area contributed by atoms with E-state index in [0.29, 0.717) is 24.5 Å². The van der Waals surface area contributed by atoms with Crippen LogP contribution in [0.1, 0.15) is 31.5 Å². The number of halogens is 2. The first-order chi connectivity index (χ1) is 9.52. The number of carbonyl (C=O) groups excluding carboxylic acids is 1. The van der Waals surface area contributed by atoms with Gasteiger partial charge >= 0.3 is 5.97 Å². The van der Waals surface area contributed by atoms with Gasteiger partial charge in [0.05, 0.1) is 29.4 Å². The van der Waals surface area contributed by atoms with Crippen molar-refractivity contribution in [2.45, 2.75) is 32.2 Å². The van der Waals surface area contributed by atoms with Gasteiger partial charge in [-0.3, -0.25) is 4.79 Å². The average molecular weight is 299 g/mol. The lowest BCUT2D eigenvalue weighted by atomic mass is 10.3. The van der Waals surface area contributed by atoms with E-state index < -0.39 is 0 Å². The van der Waals surface area contributed by atoms with Crippen LogP contribution in [0.5, 0.6) is 0 Å². The van der Waals surface area contributed by atoms with Gasteiger partial charge in [0, 0.05) is 12.6 Å². The molecule has 0 aliphatic heterocycles. The molecule has 1 aromatic heterocycles. The zero-order valence-electron chi connectivity index (χ0n) is 11.4. The maximum absolute atomic E-state index is 13.2. The summed E-state index contributed by atoms with van der Waals surface area (Å²) in [6.45, 7) is 4.32. The van der Waals surface area contributed by atoms with Crippen LogP contribution in [0.2, 0.25) is 0 Å². The van der Waals surface area contributed by atoms with Crippen LogP contribution in [-0.2, 0) is 16.1 Å². The lowest BCUT2D eigenvalue weighted by molar-refractivity contribution is -0.143. The number of hydrogen-bond acceptors (Lipinski definition) is 3. The fraction of sp³-hybridized carbons (Fsp3) is 0.429. The van der Waals surface area contributed by atoms with Crippen LogP contribution in [0.3, 0.4) is 0 Å². The molecule has 0 spiro atoms. The molecule has 1 heterocycles. The number of nitrogens with zero attached hydrogens (tertiary/aromatic N) is 2. The summed E-state index contributed by atoms with van der Waals surface area (Å²) in [5.74, 6) is 0.00233. The molecule has 2 rings (SSSR count). The second-order valence-electron chi connectivity index (χ2n) is 4.43. The lowest BCUT2D eigenvalue weighted by Crippen LogP contribution is -2.11. The number of imidazole rings is 1. The monoisotopic (exact) mass is 298 g/mol. The first kappa shape index (κ1) is 14.8. The normalized spacial score (nSPS) is 12.6. The smallest absolute Gasteiger partial charge is 0.307 e. The predicted molar refractivity (Wildman–Crippen MR) is 75.2 cm³/mol. The van der Waals surface area contributed by atoms with Gasteiger partial charge in [-0.25, -0.2) is 9.37 Å². The van der Waals surface area contributed by atoms with Crippen molar-refractivity contribution < 1.29 is 13.9 Å². The number of benzene rings is 1. The third-order valence-corrected chi connectivity index (χ3v) is 3.14. The standard InChI is InChI=1S/C14H16ClFN2O2/c1-3-20-13(19)6-7-18-12-5-4-10(16)8-11(12)17-14(18)9(2)15/h4-5,8-9H,3,6-7H2,1-2H3. The summed E-state index contributed by atoms with van der Waals surface area (Å²) >= 11 is 6.10. The number of aryl methyl sites for hydroxylation is 1. The molecule has 108 valence electrons. The van der Waals surface area contributed by atoms with Gasteiger partial charge in [0.15, 0.2) is 0 Å². The maximum Gasteiger partial charge on any atom is 0.307 e. The molecule has 0 aliphatic carbocycles. The summed E-state index contributed by atoms with van der Waals surface area (Å²) in [5, 5.41) is -0.326. The highest BCUT2D eigenvalue weighted by Crippen LogP contribution is 2.25. The van der Waals surface area contributed by atoms with Crippen molar-refractivity contribution in [3.05, 3.63) is 29.8 Å². The molecule has 0 bridgehead atoms. The Labute approximate surface area is 121 Å². The number of fused-ring (bicyclic) bond motifs is 1. The number of esters is 1. The molecule has 2 aromatic rings. The Kier molecular flexibility index (Phi) is 4.60. The quantitative estimate of drug-likeness (QED) is 0.627. The van der Waals surface area contributed by atoms with Gasteiger partial charge < -0.3 is 9.30 Å². The second-order valence-corrected chi connectivity index (χ2v) is 5.08. The molecule has 4 nitrogen and oxygen atoms in total. The predicted octanol–water partition coefficient (Wildman–Crippen LogP) is 3.43. The number of carbonyl (C=O) groups is 1. The molecule has 0 fully saturated rings. The van der Waals surface area contributed by atoms with E-state index in [2.05, 4.69) is 4.98 Å². The Hall–Kier alpha value is -1.62. The van der Waals surface area contributed by atoms with Crippen LogP contribution in [0, 0.1) is 5.82 Å². The molecule has 0 radical (unpaired) electrons. The Bertz CT molecular complexity index is 625. The van der Waals surface area contributed by atoms with Crippen molar-refractivity contribution in [3.8, 4) is 0 Å². The van der Waals surface area contributed by atoms with Gasteiger partial charge in [0.1, 0.15) is 11.6 Å². The van der Waals surface area contributed by atoms with Gasteiger partial charge in [0.25, 0.3) is 0 Å². The molecule has 0 N–H and O–H groups in total. The van der Waals surface area contributed by atoms with E-state index in [1.807, 2.05) is 4.57 Å². The highest BCUT2D eigenvalue weighted by atomic mass is 35.5. The van der Waals surface area contributed by atoms with Gasteiger partial charge in [-0.1, -0.05) is 0 Å². The molecular weight excluding hydrogens is 283 g/mol. The topological polar surface area (TPSA) is 44.1 Å². The molecule has 1 atom stereocenters. The van der Waals surface area contributed by atoms with E-state index in [4.69, 9.17) is 16.3 Å². The van der Waals surface area contributed by atoms with Crippen LogP contribution in [-0.4, -0.2) is 22.1 Å². The number of ether oxygens (including phenoxy) is 1. The Balaban J connectivity index is 2.34. The van der Waals surface area contributed by atoms with Crippen molar-refractivity contribution in [1.29, 1.82) is 0 Å². The second kappa shape index (κ2) is 6.22. The lowest BCUT2D eigenvalue weighted by Gasteiger charge is -2.10. The first-order valence-electron chi connectivity index (χ1n) is 6.48. The molecule has 0 saturated carbocycles. The number of hydrogen-bond donors (Lipinski definition) is 0. The van der Waals surface area contributed by atoms with E-state index in [-0.39, 0.29) is 23.6 Å². The van der Waals surface area contributed by atoms with Gasteiger partial charge in [0.2, 0.25) is 0 Å². The highest BCUT2D eigenvalue weighted by molar-refractivity contribution is 6.20. The van der Waals surface area contributed by atoms with Crippen molar-refractivity contribution in [3.63, 3.8) is 0 Å². The van der Waals surface area contributed by atoms with Crippen molar-refractivity contribution >= 4 is 28.6 Å². The molecule has 6 heteroatoms. The number of alkyl halides is 1. The third kappa shape index (κ3) is 3.10. The van der Waals surface area contributed by atoms with E-state index in [1.54, 1.807) is 19.9 Å². The van der Waals surface area contributed by atoms with E-state index in [9.17, 15) is 9.18 Å². The summed E-state index contributed by atoms with van der Waals surface area (Å²) in [6.07, 6.45) is 0.229. The van der Waals surface area contributed by atoms with Crippen LogP contribution in [0.4, 0.5) is 4.39 Å². The Morgan fingerprint density at radius 3 is 2.95 bits per heavy atom. The van der Waals surface area contributed by atoms with E-state index in [1.165, 1.54) is 12.1 Å². The highest BCUT2D eigenvalue weighted by Gasteiger charge is 2.16. The zero-order valence-corrected chi connectivity index (χ0v) is 12.2. The van der Waals surface area contributed by atoms with Crippen molar-refractivity contribution in [2.24, 2.45) is 0 Å². The van der Waals surface area contributed by atoms with E-state index >= 15 is 0 Å².